The number of nitrogens with zero attached hydrogens (tertiary/aromatic N) is 1. The summed E-state index contributed by atoms with van der Waals surface area (Å²) in [6.45, 7) is 1.70. The zero-order valence-corrected chi connectivity index (χ0v) is 14.6. The lowest BCUT2D eigenvalue weighted by atomic mass is 9.91. The van der Waals surface area contributed by atoms with Crippen molar-refractivity contribution in [1.29, 1.82) is 0 Å². The first-order valence-electron chi connectivity index (χ1n) is 8.88. The Hall–Kier alpha value is -2.70. The summed E-state index contributed by atoms with van der Waals surface area (Å²) in [5.41, 5.74) is 0.925. The topological polar surface area (TPSA) is 78.5 Å². The van der Waals surface area contributed by atoms with Gasteiger partial charge in [-0.05, 0) is 44.0 Å². The van der Waals surface area contributed by atoms with Crippen molar-refractivity contribution in [2.75, 3.05) is 5.32 Å². The molecular weight excluding hydrogens is 337 g/mol. The molecule has 138 valence electrons. The highest BCUT2D eigenvalue weighted by molar-refractivity contribution is 6.18. The van der Waals surface area contributed by atoms with Gasteiger partial charge in [0, 0.05) is 17.4 Å². The number of hydrogen-bond acceptors (Lipinski definition) is 4. The Bertz CT molecular complexity index is 739. The van der Waals surface area contributed by atoms with Crippen molar-refractivity contribution in [3.05, 3.63) is 41.9 Å². The van der Waals surface area contributed by atoms with E-state index in [9.17, 15) is 18.8 Å². The highest BCUT2D eigenvalue weighted by atomic mass is 19.1. The number of benzene rings is 1. The Morgan fingerprint density at radius 1 is 1.15 bits per heavy atom. The molecule has 1 atom stereocenters. The maximum atomic E-state index is 13.1. The van der Waals surface area contributed by atoms with Crippen molar-refractivity contribution in [3.8, 4) is 0 Å². The predicted molar refractivity (Wildman–Crippen MR) is 94.5 cm³/mol. The second kappa shape index (κ2) is 7.68. The van der Waals surface area contributed by atoms with Crippen molar-refractivity contribution in [2.24, 2.45) is 5.92 Å². The third kappa shape index (κ3) is 3.61. The van der Waals surface area contributed by atoms with E-state index in [-0.39, 0.29) is 11.9 Å². The van der Waals surface area contributed by atoms with E-state index < -0.39 is 23.8 Å². The first-order valence-corrected chi connectivity index (χ1v) is 8.88. The Balaban J connectivity index is 1.83. The molecule has 0 radical (unpaired) electrons. The van der Waals surface area contributed by atoms with Gasteiger partial charge in [0.15, 0.2) is 5.92 Å². The zero-order chi connectivity index (χ0) is 18.7. The summed E-state index contributed by atoms with van der Waals surface area (Å²) in [5, 5.41) is 5.30. The van der Waals surface area contributed by atoms with Gasteiger partial charge < -0.3 is 5.32 Å². The first kappa shape index (κ1) is 18.1. The van der Waals surface area contributed by atoms with Gasteiger partial charge >= 0.3 is 6.03 Å². The fourth-order valence-electron chi connectivity index (χ4n) is 3.56. The van der Waals surface area contributed by atoms with Crippen molar-refractivity contribution < 1.29 is 18.8 Å². The quantitative estimate of drug-likeness (QED) is 0.810. The van der Waals surface area contributed by atoms with E-state index in [1.54, 1.807) is 13.0 Å². The van der Waals surface area contributed by atoms with Gasteiger partial charge in [0.2, 0.25) is 11.8 Å². The second-order valence-corrected chi connectivity index (χ2v) is 6.60. The van der Waals surface area contributed by atoms with Crippen LogP contribution in [0.5, 0.6) is 0 Å². The van der Waals surface area contributed by atoms with Crippen molar-refractivity contribution in [3.63, 3.8) is 0 Å². The molecule has 2 fully saturated rings. The molecule has 1 aliphatic heterocycles. The number of nitrogens with one attached hydrogen (secondary N) is 2. The molecule has 1 saturated carbocycles. The third-order valence-corrected chi connectivity index (χ3v) is 4.89. The molecule has 2 aliphatic rings. The number of halogens is 1. The Morgan fingerprint density at radius 3 is 2.42 bits per heavy atom. The monoisotopic (exact) mass is 359 g/mol. The van der Waals surface area contributed by atoms with Crippen LogP contribution in [0.3, 0.4) is 0 Å². The molecule has 0 aromatic heterocycles. The molecule has 1 aliphatic carbocycles. The van der Waals surface area contributed by atoms with Crippen LogP contribution in [0.2, 0.25) is 0 Å². The SMILES string of the molecule is C/C=C(/Nc1ccc(F)cc1)[C@@H]1C(=O)NC(=O)N(C2CCCCC2)C1=O. The summed E-state index contributed by atoms with van der Waals surface area (Å²) < 4.78 is 13.1. The molecule has 3 rings (SSSR count). The van der Waals surface area contributed by atoms with Crippen LogP contribution in [0.25, 0.3) is 0 Å². The summed E-state index contributed by atoms with van der Waals surface area (Å²) in [6.07, 6.45) is 6.16. The zero-order valence-electron chi connectivity index (χ0n) is 14.6. The number of rotatable bonds is 4. The molecule has 0 unspecified atom stereocenters. The fourth-order valence-corrected chi connectivity index (χ4v) is 3.56. The van der Waals surface area contributed by atoms with E-state index in [0.29, 0.717) is 11.4 Å². The molecule has 1 saturated heterocycles. The first-order chi connectivity index (χ1) is 12.5. The number of carbonyl (C=O) groups is 3. The molecule has 7 heteroatoms. The van der Waals surface area contributed by atoms with Crippen LogP contribution >= 0.6 is 0 Å². The lowest BCUT2D eigenvalue weighted by Crippen LogP contribution is -2.61. The van der Waals surface area contributed by atoms with E-state index >= 15 is 0 Å². The van der Waals surface area contributed by atoms with Gasteiger partial charge in [0.25, 0.3) is 0 Å². The molecule has 6 nitrogen and oxygen atoms in total. The van der Waals surface area contributed by atoms with Crippen molar-refractivity contribution in [1.82, 2.24) is 10.2 Å². The number of urea groups is 1. The van der Waals surface area contributed by atoms with Gasteiger partial charge in [0.05, 0.1) is 0 Å². The smallest absolute Gasteiger partial charge is 0.331 e. The van der Waals surface area contributed by atoms with E-state index in [4.69, 9.17) is 0 Å². The molecule has 4 amide bonds. The fraction of sp³-hybridized carbons (Fsp3) is 0.421. The van der Waals surface area contributed by atoms with Crippen LogP contribution in [0.4, 0.5) is 14.9 Å². The summed E-state index contributed by atoms with van der Waals surface area (Å²) >= 11 is 0. The number of amides is 4. The van der Waals surface area contributed by atoms with Crippen LogP contribution in [0, 0.1) is 11.7 Å². The molecule has 1 aromatic rings. The largest absolute Gasteiger partial charge is 0.358 e. The van der Waals surface area contributed by atoms with Crippen LogP contribution in [0.1, 0.15) is 39.0 Å². The molecular formula is C19H22FN3O3. The minimum atomic E-state index is -1.12. The molecule has 0 spiro atoms. The van der Waals surface area contributed by atoms with Gasteiger partial charge in [-0.25, -0.2) is 9.18 Å². The highest BCUT2D eigenvalue weighted by Crippen LogP contribution is 2.28. The number of hydrogen-bond donors (Lipinski definition) is 2. The number of carbonyl (C=O) groups excluding carboxylic acids is 3. The van der Waals surface area contributed by atoms with Gasteiger partial charge in [-0.15, -0.1) is 0 Å². The number of barbiturate groups is 1. The molecule has 26 heavy (non-hydrogen) atoms. The Kier molecular flexibility index (Phi) is 5.35. The minimum Gasteiger partial charge on any atom is -0.358 e. The van der Waals surface area contributed by atoms with E-state index in [0.717, 1.165) is 32.1 Å². The van der Waals surface area contributed by atoms with E-state index in [1.165, 1.54) is 29.2 Å². The normalized spacial score (nSPS) is 22.4. The van der Waals surface area contributed by atoms with Crippen LogP contribution in [-0.2, 0) is 9.59 Å². The lowest BCUT2D eigenvalue weighted by molar-refractivity contribution is -0.142. The minimum absolute atomic E-state index is 0.171. The lowest BCUT2D eigenvalue weighted by Gasteiger charge is -2.38. The number of allylic oxidation sites excluding steroid dienone is 1. The average molecular weight is 359 g/mol. The van der Waals surface area contributed by atoms with Crippen LogP contribution in [0.15, 0.2) is 36.0 Å². The average Bonchev–Trinajstić information content (AvgIpc) is 2.63. The highest BCUT2D eigenvalue weighted by Gasteiger charge is 2.45. The summed E-state index contributed by atoms with van der Waals surface area (Å²) in [5.74, 6) is -2.65. The second-order valence-electron chi connectivity index (χ2n) is 6.60. The van der Waals surface area contributed by atoms with Crippen LogP contribution in [-0.4, -0.2) is 28.8 Å². The molecule has 2 N–H and O–H groups in total. The maximum absolute atomic E-state index is 13.1. The Morgan fingerprint density at radius 2 is 1.81 bits per heavy atom. The summed E-state index contributed by atoms with van der Waals surface area (Å²) in [4.78, 5) is 38.8. The number of imide groups is 2. The summed E-state index contributed by atoms with van der Waals surface area (Å²) in [6, 6.07) is 4.81. The van der Waals surface area contributed by atoms with E-state index in [1.807, 2.05) is 0 Å². The summed E-state index contributed by atoms with van der Waals surface area (Å²) in [7, 11) is 0. The molecule has 0 bridgehead atoms. The van der Waals surface area contributed by atoms with Gasteiger partial charge in [0.1, 0.15) is 5.82 Å². The third-order valence-electron chi connectivity index (χ3n) is 4.89. The van der Waals surface area contributed by atoms with Crippen molar-refractivity contribution >= 4 is 23.5 Å². The Labute approximate surface area is 151 Å². The van der Waals surface area contributed by atoms with Crippen molar-refractivity contribution in [2.45, 2.75) is 45.1 Å². The maximum Gasteiger partial charge on any atom is 0.331 e. The predicted octanol–water partition coefficient (Wildman–Crippen LogP) is 3.17. The number of anilines is 1. The van der Waals surface area contributed by atoms with Crippen LogP contribution < -0.4 is 10.6 Å². The van der Waals surface area contributed by atoms with E-state index in [2.05, 4.69) is 10.6 Å². The standard InChI is InChI=1S/C19H22FN3O3/c1-2-15(21-13-10-8-12(20)9-11-13)16-17(24)22-19(26)23(18(16)25)14-6-4-3-5-7-14/h2,8-11,14,16,21H,3-7H2,1H3,(H,22,24,26)/b15-2+/t16-/m1/s1. The molecule has 1 aromatic carbocycles. The molecule has 1 heterocycles. The van der Waals surface area contributed by atoms with Gasteiger partial charge in [-0.3, -0.25) is 19.8 Å². The van der Waals surface area contributed by atoms with Gasteiger partial charge in [-0.2, -0.15) is 0 Å². The van der Waals surface area contributed by atoms with Gasteiger partial charge in [-0.1, -0.05) is 25.3 Å².